The average Bonchev–Trinajstić information content (AvgIpc) is 1.85. The predicted octanol–water partition coefficient (Wildman–Crippen LogP) is 4.42. The third-order valence-corrected chi connectivity index (χ3v) is 2.50. The minimum atomic E-state index is 0.393. The molecule has 0 N–H and O–H groups in total. The molecule has 72 valence electrons. The Bertz CT molecular complexity index is 149. The molecule has 0 atom stereocenters. The molecule has 0 spiro atoms. The fourth-order valence-corrected chi connectivity index (χ4v) is 1.76. The van der Waals surface area contributed by atoms with Crippen LogP contribution in [0.15, 0.2) is 11.6 Å². The van der Waals surface area contributed by atoms with Gasteiger partial charge in [-0.3, -0.25) is 0 Å². The van der Waals surface area contributed by atoms with E-state index in [1.165, 1.54) is 6.42 Å². The quantitative estimate of drug-likeness (QED) is 0.545. The minimum absolute atomic E-state index is 0.393. The normalized spacial score (nSPS) is 14.1. The molecule has 0 unspecified atom stereocenters. The van der Waals surface area contributed by atoms with E-state index in [4.69, 9.17) is 0 Å². The molecule has 0 heterocycles. The zero-order chi connectivity index (χ0) is 9.78. The van der Waals surface area contributed by atoms with Crippen LogP contribution in [0.4, 0.5) is 0 Å². The summed E-state index contributed by atoms with van der Waals surface area (Å²) in [5.41, 5.74) is 1.93. The molecular formula is C12H24. The largest absolute Gasteiger partial charge is 0.0853 e. The lowest BCUT2D eigenvalue weighted by Gasteiger charge is -2.28. The average molecular weight is 168 g/mol. The Morgan fingerprint density at radius 1 is 1.33 bits per heavy atom. The summed E-state index contributed by atoms with van der Waals surface area (Å²) in [6, 6.07) is 0. The van der Waals surface area contributed by atoms with Crippen molar-refractivity contribution in [3.63, 3.8) is 0 Å². The third kappa shape index (κ3) is 3.94. The summed E-state index contributed by atoms with van der Waals surface area (Å²) in [5.74, 6) is 0.792. The van der Waals surface area contributed by atoms with Gasteiger partial charge in [0.15, 0.2) is 0 Å². The standard InChI is InChI=1S/C12H24/c1-7-8-11(4)12(5,6)9-10(2)3/h8,10H,7,9H2,1-6H3. The predicted molar refractivity (Wildman–Crippen MR) is 57.3 cm³/mol. The number of rotatable bonds is 4. The van der Waals surface area contributed by atoms with E-state index in [1.54, 1.807) is 5.57 Å². The summed E-state index contributed by atoms with van der Waals surface area (Å²) in [6.45, 7) is 13.7. The van der Waals surface area contributed by atoms with Gasteiger partial charge >= 0.3 is 0 Å². The highest BCUT2D eigenvalue weighted by molar-refractivity contribution is 5.08. The van der Waals surface area contributed by atoms with Crippen LogP contribution in [0.5, 0.6) is 0 Å². The molecule has 0 rings (SSSR count). The van der Waals surface area contributed by atoms with E-state index >= 15 is 0 Å². The lowest BCUT2D eigenvalue weighted by molar-refractivity contribution is 0.344. The van der Waals surface area contributed by atoms with Crippen molar-refractivity contribution in [1.82, 2.24) is 0 Å². The highest BCUT2D eigenvalue weighted by Gasteiger charge is 2.20. The van der Waals surface area contributed by atoms with E-state index in [-0.39, 0.29) is 0 Å². The molecule has 0 amide bonds. The van der Waals surface area contributed by atoms with Crippen molar-refractivity contribution >= 4 is 0 Å². The molecule has 0 nitrogen and oxygen atoms in total. The van der Waals surface area contributed by atoms with Crippen LogP contribution >= 0.6 is 0 Å². The van der Waals surface area contributed by atoms with Gasteiger partial charge in [-0.15, -0.1) is 0 Å². The monoisotopic (exact) mass is 168 g/mol. The van der Waals surface area contributed by atoms with Gasteiger partial charge in [-0.05, 0) is 31.1 Å². The van der Waals surface area contributed by atoms with E-state index in [0.29, 0.717) is 5.41 Å². The van der Waals surface area contributed by atoms with Gasteiger partial charge in [0, 0.05) is 0 Å². The Kier molecular flexibility index (Phi) is 4.59. The van der Waals surface area contributed by atoms with Crippen LogP contribution in [-0.2, 0) is 0 Å². The maximum atomic E-state index is 2.35. The van der Waals surface area contributed by atoms with Crippen LogP contribution in [0.25, 0.3) is 0 Å². The van der Waals surface area contributed by atoms with Gasteiger partial charge in [0.1, 0.15) is 0 Å². The number of hydrogen-bond acceptors (Lipinski definition) is 0. The van der Waals surface area contributed by atoms with Crippen molar-refractivity contribution in [2.75, 3.05) is 0 Å². The first kappa shape index (κ1) is 11.7. The lowest BCUT2D eigenvalue weighted by Crippen LogP contribution is -2.15. The van der Waals surface area contributed by atoms with Gasteiger partial charge in [-0.1, -0.05) is 46.3 Å². The van der Waals surface area contributed by atoms with Crippen LogP contribution in [0.2, 0.25) is 0 Å². The molecule has 0 heteroatoms. The molecule has 0 aromatic rings. The second-order valence-corrected chi connectivity index (χ2v) is 4.78. The Morgan fingerprint density at radius 2 is 1.83 bits per heavy atom. The van der Waals surface area contributed by atoms with Crippen molar-refractivity contribution < 1.29 is 0 Å². The second kappa shape index (κ2) is 4.69. The number of hydrogen-bond donors (Lipinski definition) is 0. The Labute approximate surface area is 78.1 Å². The molecule has 0 fully saturated rings. The third-order valence-electron chi connectivity index (χ3n) is 2.50. The van der Waals surface area contributed by atoms with E-state index in [2.05, 4.69) is 47.6 Å². The van der Waals surface area contributed by atoms with Crippen molar-refractivity contribution in [2.24, 2.45) is 11.3 Å². The zero-order valence-electron chi connectivity index (χ0n) is 9.57. The lowest BCUT2D eigenvalue weighted by atomic mass is 9.78. The molecule has 0 aliphatic heterocycles. The van der Waals surface area contributed by atoms with Gasteiger partial charge in [-0.25, -0.2) is 0 Å². The smallest absolute Gasteiger partial charge is 0.0145 e. The summed E-state index contributed by atoms with van der Waals surface area (Å²) < 4.78 is 0. The molecule has 0 radical (unpaired) electrons. The summed E-state index contributed by atoms with van der Waals surface area (Å²) >= 11 is 0. The first-order valence-electron chi connectivity index (χ1n) is 5.07. The van der Waals surface area contributed by atoms with Crippen molar-refractivity contribution in [3.05, 3.63) is 11.6 Å². The molecule has 12 heavy (non-hydrogen) atoms. The van der Waals surface area contributed by atoms with Crippen molar-refractivity contribution in [1.29, 1.82) is 0 Å². The van der Waals surface area contributed by atoms with Gasteiger partial charge in [0.25, 0.3) is 0 Å². The van der Waals surface area contributed by atoms with E-state index < -0.39 is 0 Å². The summed E-state index contributed by atoms with van der Waals surface area (Å²) in [6.07, 6.45) is 4.80. The van der Waals surface area contributed by atoms with Crippen LogP contribution in [0.3, 0.4) is 0 Å². The second-order valence-electron chi connectivity index (χ2n) is 4.78. The van der Waals surface area contributed by atoms with Gasteiger partial charge in [0.05, 0.1) is 0 Å². The fourth-order valence-electron chi connectivity index (χ4n) is 1.76. The van der Waals surface area contributed by atoms with Crippen LogP contribution < -0.4 is 0 Å². The molecule has 0 bridgehead atoms. The zero-order valence-corrected chi connectivity index (χ0v) is 9.57. The minimum Gasteiger partial charge on any atom is -0.0853 e. The molecule has 0 saturated carbocycles. The van der Waals surface area contributed by atoms with E-state index in [0.717, 1.165) is 12.3 Å². The van der Waals surface area contributed by atoms with Gasteiger partial charge < -0.3 is 0 Å². The maximum Gasteiger partial charge on any atom is -0.0145 e. The highest BCUT2D eigenvalue weighted by atomic mass is 14.3. The van der Waals surface area contributed by atoms with E-state index in [9.17, 15) is 0 Å². The fraction of sp³-hybridized carbons (Fsp3) is 0.833. The van der Waals surface area contributed by atoms with Gasteiger partial charge in [-0.2, -0.15) is 0 Å². The summed E-state index contributed by atoms with van der Waals surface area (Å²) in [5, 5.41) is 0. The Morgan fingerprint density at radius 3 is 2.17 bits per heavy atom. The molecule has 0 aromatic heterocycles. The molecule has 0 aromatic carbocycles. The van der Waals surface area contributed by atoms with Crippen LogP contribution in [0.1, 0.15) is 54.4 Å². The maximum absolute atomic E-state index is 2.35. The summed E-state index contributed by atoms with van der Waals surface area (Å²) in [4.78, 5) is 0. The summed E-state index contributed by atoms with van der Waals surface area (Å²) in [7, 11) is 0. The Balaban J connectivity index is 4.28. The first-order chi connectivity index (χ1) is 5.40. The topological polar surface area (TPSA) is 0 Å². The molecular weight excluding hydrogens is 144 g/mol. The highest BCUT2D eigenvalue weighted by Crippen LogP contribution is 2.33. The molecule has 0 saturated heterocycles. The van der Waals surface area contributed by atoms with Crippen molar-refractivity contribution in [3.8, 4) is 0 Å². The SMILES string of the molecule is CCC=C(C)C(C)(C)CC(C)C. The van der Waals surface area contributed by atoms with Crippen LogP contribution in [-0.4, -0.2) is 0 Å². The number of allylic oxidation sites excluding steroid dienone is 2. The van der Waals surface area contributed by atoms with Crippen molar-refractivity contribution in [2.45, 2.75) is 54.4 Å². The van der Waals surface area contributed by atoms with E-state index in [1.807, 2.05) is 0 Å². The van der Waals surface area contributed by atoms with Crippen LogP contribution in [0, 0.1) is 11.3 Å². The molecule has 0 aliphatic rings. The Hall–Kier alpha value is -0.260. The van der Waals surface area contributed by atoms with Gasteiger partial charge in [0.2, 0.25) is 0 Å². The first-order valence-corrected chi connectivity index (χ1v) is 5.07. The molecule has 0 aliphatic carbocycles.